The first-order chi connectivity index (χ1) is 9.39. The van der Waals surface area contributed by atoms with Gasteiger partial charge in [0.2, 0.25) is 0 Å². The van der Waals surface area contributed by atoms with E-state index in [1.54, 1.807) is 6.20 Å². The van der Waals surface area contributed by atoms with E-state index in [0.29, 0.717) is 11.4 Å². The number of rotatable bonds is 7. The van der Waals surface area contributed by atoms with Crippen molar-refractivity contribution < 1.29 is 4.79 Å². The molecule has 5 heteroatoms. The van der Waals surface area contributed by atoms with Crippen molar-refractivity contribution in [1.29, 1.82) is 0 Å². The van der Waals surface area contributed by atoms with E-state index in [4.69, 9.17) is 0 Å². The van der Waals surface area contributed by atoms with Crippen molar-refractivity contribution >= 4 is 27.7 Å². The summed E-state index contributed by atoms with van der Waals surface area (Å²) in [7, 11) is 0. The Morgan fingerprint density at radius 1 is 1.35 bits per heavy atom. The number of carbonyl (C=O) groups is 1. The number of nitrogens with one attached hydrogen (secondary N) is 2. The maximum absolute atomic E-state index is 12.5. The molecule has 0 radical (unpaired) electrons. The van der Waals surface area contributed by atoms with Crippen LogP contribution in [0.5, 0.6) is 0 Å². The van der Waals surface area contributed by atoms with Crippen molar-refractivity contribution in [3.05, 3.63) is 22.3 Å². The van der Waals surface area contributed by atoms with Gasteiger partial charge >= 0.3 is 0 Å². The van der Waals surface area contributed by atoms with Gasteiger partial charge < -0.3 is 10.6 Å². The summed E-state index contributed by atoms with van der Waals surface area (Å²) in [5.74, 6) is 0.552. The summed E-state index contributed by atoms with van der Waals surface area (Å²) in [6.45, 7) is 9.07. The first kappa shape index (κ1) is 17.0. The molecule has 0 fully saturated rings. The van der Waals surface area contributed by atoms with Gasteiger partial charge in [-0.3, -0.25) is 4.79 Å². The Kier molecular flexibility index (Phi) is 6.46. The number of hydrogen-bond acceptors (Lipinski definition) is 3. The number of carbonyl (C=O) groups excluding carboxylic acids is 1. The van der Waals surface area contributed by atoms with Crippen LogP contribution in [0.2, 0.25) is 0 Å². The molecule has 0 bridgehead atoms. The van der Waals surface area contributed by atoms with Crippen LogP contribution in [0.4, 0.5) is 5.82 Å². The quantitative estimate of drug-likeness (QED) is 0.788. The van der Waals surface area contributed by atoms with Gasteiger partial charge in [-0.2, -0.15) is 0 Å². The Bertz CT molecular complexity index is 460. The number of aromatic nitrogens is 1. The molecule has 0 atom stereocenters. The molecule has 1 aromatic heterocycles. The Morgan fingerprint density at radius 3 is 2.65 bits per heavy atom. The summed E-state index contributed by atoms with van der Waals surface area (Å²) in [4.78, 5) is 16.8. The van der Waals surface area contributed by atoms with Gasteiger partial charge in [0, 0.05) is 22.8 Å². The number of halogens is 1. The lowest BCUT2D eigenvalue weighted by molar-refractivity contribution is 0.0909. The highest BCUT2D eigenvalue weighted by molar-refractivity contribution is 9.10. The molecule has 112 valence electrons. The minimum Gasteiger partial charge on any atom is -0.369 e. The fourth-order valence-corrected chi connectivity index (χ4v) is 2.39. The molecule has 0 aliphatic carbocycles. The monoisotopic (exact) mass is 341 g/mol. The predicted molar refractivity (Wildman–Crippen MR) is 87.2 cm³/mol. The highest BCUT2D eigenvalue weighted by atomic mass is 79.9. The van der Waals surface area contributed by atoms with Gasteiger partial charge in [0.1, 0.15) is 5.82 Å². The molecule has 4 nitrogen and oxygen atoms in total. The number of nitrogens with zero attached hydrogens (tertiary/aromatic N) is 1. The molecule has 1 heterocycles. The van der Waals surface area contributed by atoms with Crippen molar-refractivity contribution in [2.24, 2.45) is 0 Å². The molecule has 2 N–H and O–H groups in total. The van der Waals surface area contributed by atoms with Crippen LogP contribution >= 0.6 is 15.9 Å². The van der Waals surface area contributed by atoms with Crippen LogP contribution in [0.25, 0.3) is 0 Å². The van der Waals surface area contributed by atoms with Gasteiger partial charge in [0.15, 0.2) is 0 Å². The van der Waals surface area contributed by atoms with Gasteiger partial charge in [-0.1, -0.05) is 20.3 Å². The van der Waals surface area contributed by atoms with Gasteiger partial charge in [0.25, 0.3) is 5.91 Å². The van der Waals surface area contributed by atoms with Crippen LogP contribution in [-0.4, -0.2) is 23.0 Å². The number of hydrogen-bond donors (Lipinski definition) is 2. The van der Waals surface area contributed by atoms with Crippen LogP contribution in [0.15, 0.2) is 16.7 Å². The van der Waals surface area contributed by atoms with Crippen molar-refractivity contribution in [2.45, 2.75) is 52.5 Å². The first-order valence-corrected chi connectivity index (χ1v) is 7.91. The summed E-state index contributed by atoms with van der Waals surface area (Å²) < 4.78 is 0.804. The van der Waals surface area contributed by atoms with E-state index in [2.05, 4.69) is 45.4 Å². The van der Waals surface area contributed by atoms with Crippen molar-refractivity contribution in [3.63, 3.8) is 0 Å². The molecule has 20 heavy (non-hydrogen) atoms. The second-order valence-corrected chi connectivity index (χ2v) is 6.48. The van der Waals surface area contributed by atoms with Crippen LogP contribution in [0.3, 0.4) is 0 Å². The van der Waals surface area contributed by atoms with E-state index in [1.165, 1.54) is 0 Å². The lowest BCUT2D eigenvalue weighted by atomic mass is 9.98. The number of pyridine rings is 1. The Morgan fingerprint density at radius 2 is 2.05 bits per heavy atom. The third kappa shape index (κ3) is 5.12. The SMILES string of the molecule is CCCNc1ncc(Br)cc1C(=O)NC(C)(C)CCC. The van der Waals surface area contributed by atoms with Crippen molar-refractivity contribution in [1.82, 2.24) is 10.3 Å². The lowest BCUT2D eigenvalue weighted by Crippen LogP contribution is -2.43. The van der Waals surface area contributed by atoms with Gasteiger partial charge in [-0.05, 0) is 48.7 Å². The smallest absolute Gasteiger partial charge is 0.255 e. The molecule has 0 aromatic carbocycles. The second kappa shape index (κ2) is 7.62. The molecule has 1 rings (SSSR count). The molecule has 0 spiro atoms. The van der Waals surface area contributed by atoms with Crippen molar-refractivity contribution in [2.75, 3.05) is 11.9 Å². The summed E-state index contributed by atoms with van der Waals surface area (Å²) in [5, 5.41) is 6.27. The maximum Gasteiger partial charge on any atom is 0.255 e. The van der Waals surface area contributed by atoms with E-state index in [-0.39, 0.29) is 11.4 Å². The minimum atomic E-state index is -0.212. The third-order valence-electron chi connectivity index (χ3n) is 2.97. The topological polar surface area (TPSA) is 54.0 Å². The fraction of sp³-hybridized carbons (Fsp3) is 0.600. The van der Waals surface area contributed by atoms with E-state index in [9.17, 15) is 4.79 Å². The maximum atomic E-state index is 12.5. The van der Waals surface area contributed by atoms with Crippen molar-refractivity contribution in [3.8, 4) is 0 Å². The lowest BCUT2D eigenvalue weighted by Gasteiger charge is -2.26. The largest absolute Gasteiger partial charge is 0.369 e. The van der Waals surface area contributed by atoms with Gasteiger partial charge in [0.05, 0.1) is 5.56 Å². The molecule has 1 amide bonds. The van der Waals surface area contributed by atoms with E-state index in [1.807, 2.05) is 19.9 Å². The highest BCUT2D eigenvalue weighted by Gasteiger charge is 2.22. The van der Waals surface area contributed by atoms with Gasteiger partial charge in [-0.15, -0.1) is 0 Å². The molecule has 0 saturated carbocycles. The average Bonchev–Trinajstić information content (AvgIpc) is 2.36. The zero-order valence-corrected chi connectivity index (χ0v) is 14.3. The summed E-state index contributed by atoms with van der Waals surface area (Å²) in [6, 6.07) is 1.81. The summed E-state index contributed by atoms with van der Waals surface area (Å²) in [6.07, 6.45) is 4.66. The zero-order chi connectivity index (χ0) is 15.2. The third-order valence-corrected chi connectivity index (χ3v) is 3.40. The molecular weight excluding hydrogens is 318 g/mol. The zero-order valence-electron chi connectivity index (χ0n) is 12.7. The average molecular weight is 342 g/mol. The Labute approximate surface area is 129 Å². The molecule has 0 aliphatic rings. The second-order valence-electron chi connectivity index (χ2n) is 5.56. The molecule has 0 saturated heterocycles. The normalized spacial score (nSPS) is 11.2. The number of anilines is 1. The molecule has 0 unspecified atom stereocenters. The standard InChI is InChI=1S/C15H24BrN3O/c1-5-7-15(3,4)19-14(20)12-9-11(16)10-18-13(12)17-8-6-2/h9-10H,5-8H2,1-4H3,(H,17,18)(H,19,20). The van der Waals surface area contributed by atoms with Crippen LogP contribution in [0, 0.1) is 0 Å². The molecule has 0 aliphatic heterocycles. The Hall–Kier alpha value is -1.10. The highest BCUT2D eigenvalue weighted by Crippen LogP contribution is 2.20. The first-order valence-electron chi connectivity index (χ1n) is 7.11. The molecule has 1 aromatic rings. The van der Waals surface area contributed by atoms with E-state index >= 15 is 0 Å². The summed E-state index contributed by atoms with van der Waals surface area (Å²) >= 11 is 3.37. The van der Waals surface area contributed by atoms with E-state index < -0.39 is 0 Å². The van der Waals surface area contributed by atoms with Crippen LogP contribution < -0.4 is 10.6 Å². The van der Waals surface area contributed by atoms with Crippen LogP contribution in [-0.2, 0) is 0 Å². The predicted octanol–water partition coefficient (Wildman–Crippen LogP) is 3.97. The molecular formula is C15H24BrN3O. The van der Waals surface area contributed by atoms with E-state index in [0.717, 1.165) is 30.3 Å². The van der Waals surface area contributed by atoms with Gasteiger partial charge in [-0.25, -0.2) is 4.98 Å². The summed E-state index contributed by atoms with van der Waals surface area (Å²) in [5.41, 5.74) is 0.368. The van der Waals surface area contributed by atoms with Crippen LogP contribution in [0.1, 0.15) is 57.3 Å². The fourth-order valence-electron chi connectivity index (χ4n) is 2.06. The Balaban J connectivity index is 2.93. The number of amides is 1. The minimum absolute atomic E-state index is 0.0872.